The molecule has 1 rings (SSSR count). The molecule has 0 aliphatic rings. The maximum atomic E-state index is 11.5. The molecular formula is C9H13NOS. The number of Topliss-reactive ketones (excluding diaryl/α,β-unsaturated/α-hetero) is 1. The average Bonchev–Trinajstić information content (AvgIpc) is 2.32. The number of hydrogen-bond acceptors (Lipinski definition) is 3. The van der Waals surface area contributed by atoms with Crippen molar-refractivity contribution < 1.29 is 4.79 Å². The molecule has 0 bridgehead atoms. The van der Waals surface area contributed by atoms with Gasteiger partial charge in [-0.15, -0.1) is 11.3 Å². The molecule has 0 amide bonds. The molecule has 2 N–H and O–H groups in total. The smallest absolute Gasteiger partial charge is 0.174 e. The van der Waals surface area contributed by atoms with Gasteiger partial charge in [-0.2, -0.15) is 0 Å². The topological polar surface area (TPSA) is 43.1 Å². The molecule has 0 radical (unpaired) electrons. The Hall–Kier alpha value is -0.670. The highest BCUT2D eigenvalue weighted by atomic mass is 32.1. The molecular weight excluding hydrogens is 170 g/mol. The van der Waals surface area contributed by atoms with Crippen LogP contribution in [0.2, 0.25) is 0 Å². The Labute approximate surface area is 76.4 Å². The lowest BCUT2D eigenvalue weighted by Crippen LogP contribution is -2.34. The second-order valence-corrected chi connectivity index (χ2v) is 4.51. The lowest BCUT2D eigenvalue weighted by Gasteiger charge is -2.16. The van der Waals surface area contributed by atoms with Gasteiger partial charge in [0.05, 0.1) is 4.88 Å². The molecule has 66 valence electrons. The zero-order valence-corrected chi connectivity index (χ0v) is 8.15. The average molecular weight is 183 g/mol. The Kier molecular flexibility index (Phi) is 2.65. The number of hydrogen-bond donors (Lipinski definition) is 1. The van der Waals surface area contributed by atoms with Gasteiger partial charge in [-0.3, -0.25) is 4.79 Å². The first kappa shape index (κ1) is 9.42. The van der Waals surface area contributed by atoms with Gasteiger partial charge in [0.15, 0.2) is 5.78 Å². The van der Waals surface area contributed by atoms with E-state index >= 15 is 0 Å². The highest BCUT2D eigenvalue weighted by Gasteiger charge is 2.17. The summed E-state index contributed by atoms with van der Waals surface area (Å²) in [7, 11) is 0. The monoisotopic (exact) mass is 183 g/mol. The molecule has 0 saturated carbocycles. The highest BCUT2D eigenvalue weighted by Crippen LogP contribution is 2.15. The minimum Gasteiger partial charge on any atom is -0.325 e. The van der Waals surface area contributed by atoms with Crippen LogP contribution in [0.3, 0.4) is 0 Å². The van der Waals surface area contributed by atoms with Crippen molar-refractivity contribution in [2.24, 2.45) is 5.73 Å². The van der Waals surface area contributed by atoms with Gasteiger partial charge in [-0.05, 0) is 25.3 Å². The van der Waals surface area contributed by atoms with E-state index in [4.69, 9.17) is 5.73 Å². The fraction of sp³-hybridized carbons (Fsp3) is 0.444. The molecule has 1 aromatic heterocycles. The summed E-state index contributed by atoms with van der Waals surface area (Å²) in [6.45, 7) is 3.72. The van der Waals surface area contributed by atoms with E-state index in [1.54, 1.807) is 0 Å². The number of carbonyl (C=O) groups excluding carboxylic acids is 1. The molecule has 3 heteroatoms. The van der Waals surface area contributed by atoms with E-state index in [-0.39, 0.29) is 5.78 Å². The first-order chi connectivity index (χ1) is 5.49. The van der Waals surface area contributed by atoms with Gasteiger partial charge in [0.2, 0.25) is 0 Å². The summed E-state index contributed by atoms with van der Waals surface area (Å²) >= 11 is 1.47. The maximum Gasteiger partial charge on any atom is 0.174 e. The molecule has 0 spiro atoms. The van der Waals surface area contributed by atoms with Gasteiger partial charge in [-0.25, -0.2) is 0 Å². The van der Waals surface area contributed by atoms with Crippen molar-refractivity contribution in [1.29, 1.82) is 0 Å². The van der Waals surface area contributed by atoms with E-state index in [1.165, 1.54) is 11.3 Å². The van der Waals surface area contributed by atoms with Crippen molar-refractivity contribution in [3.63, 3.8) is 0 Å². The summed E-state index contributed by atoms with van der Waals surface area (Å²) in [5.74, 6) is 0.137. The largest absolute Gasteiger partial charge is 0.325 e. The number of thiophene rings is 1. The first-order valence-electron chi connectivity index (χ1n) is 3.85. The zero-order chi connectivity index (χ0) is 9.19. The molecule has 0 unspecified atom stereocenters. The minimum absolute atomic E-state index is 0.137. The van der Waals surface area contributed by atoms with Crippen molar-refractivity contribution in [3.05, 3.63) is 22.4 Å². The van der Waals surface area contributed by atoms with Crippen LogP contribution in [0, 0.1) is 0 Å². The third-order valence-corrected chi connectivity index (χ3v) is 2.32. The molecule has 12 heavy (non-hydrogen) atoms. The predicted octanol–water partition coefficient (Wildman–Crippen LogP) is 2.06. The van der Waals surface area contributed by atoms with E-state index in [0.29, 0.717) is 6.42 Å². The fourth-order valence-corrected chi connectivity index (χ4v) is 1.60. The lowest BCUT2D eigenvalue weighted by atomic mass is 9.99. The predicted molar refractivity (Wildman–Crippen MR) is 51.5 cm³/mol. The van der Waals surface area contributed by atoms with Crippen LogP contribution in [0.25, 0.3) is 0 Å². The normalized spacial score (nSPS) is 11.6. The van der Waals surface area contributed by atoms with Crippen LogP contribution < -0.4 is 5.73 Å². The van der Waals surface area contributed by atoms with Crippen LogP contribution in [-0.4, -0.2) is 11.3 Å². The number of rotatable bonds is 3. The van der Waals surface area contributed by atoms with Gasteiger partial charge < -0.3 is 5.73 Å². The summed E-state index contributed by atoms with van der Waals surface area (Å²) in [4.78, 5) is 12.3. The maximum absolute atomic E-state index is 11.5. The third kappa shape index (κ3) is 2.75. The molecule has 1 aromatic rings. The summed E-state index contributed by atoms with van der Waals surface area (Å²) < 4.78 is 0. The number of carbonyl (C=O) groups is 1. The second-order valence-electron chi connectivity index (χ2n) is 3.57. The van der Waals surface area contributed by atoms with E-state index in [2.05, 4.69) is 0 Å². The Bertz CT molecular complexity index is 259. The van der Waals surface area contributed by atoms with Crippen molar-refractivity contribution in [2.45, 2.75) is 25.8 Å². The van der Waals surface area contributed by atoms with Crippen LogP contribution in [0.1, 0.15) is 29.9 Å². The fourth-order valence-electron chi connectivity index (χ4n) is 0.938. The molecule has 0 saturated heterocycles. The summed E-state index contributed by atoms with van der Waals surface area (Å²) in [6.07, 6.45) is 0.410. The standard InChI is InChI=1S/C9H13NOS/c1-9(2,10)6-7(11)8-4-3-5-12-8/h3-5H,6,10H2,1-2H3. The van der Waals surface area contributed by atoms with E-state index in [9.17, 15) is 4.79 Å². The minimum atomic E-state index is -0.402. The van der Waals surface area contributed by atoms with Gasteiger partial charge in [0.25, 0.3) is 0 Å². The summed E-state index contributed by atoms with van der Waals surface area (Å²) in [5, 5.41) is 1.90. The SMILES string of the molecule is CC(C)(N)CC(=O)c1cccs1. The zero-order valence-electron chi connectivity index (χ0n) is 7.33. The van der Waals surface area contributed by atoms with Gasteiger partial charge in [0, 0.05) is 12.0 Å². The van der Waals surface area contributed by atoms with Crippen molar-refractivity contribution >= 4 is 17.1 Å². The number of ketones is 1. The van der Waals surface area contributed by atoms with E-state index in [1.807, 2.05) is 31.4 Å². The van der Waals surface area contributed by atoms with E-state index in [0.717, 1.165) is 4.88 Å². The quantitative estimate of drug-likeness (QED) is 0.729. The Morgan fingerprint density at radius 2 is 2.33 bits per heavy atom. The summed E-state index contributed by atoms with van der Waals surface area (Å²) in [5.41, 5.74) is 5.32. The second kappa shape index (κ2) is 3.37. The Morgan fingerprint density at radius 3 is 2.75 bits per heavy atom. The van der Waals surface area contributed by atoms with Gasteiger partial charge in [0.1, 0.15) is 0 Å². The molecule has 0 aliphatic carbocycles. The molecule has 1 heterocycles. The highest BCUT2D eigenvalue weighted by molar-refractivity contribution is 7.12. The van der Waals surface area contributed by atoms with Crippen LogP contribution in [0.4, 0.5) is 0 Å². The lowest BCUT2D eigenvalue weighted by molar-refractivity contribution is 0.0964. The van der Waals surface area contributed by atoms with Gasteiger partial charge in [-0.1, -0.05) is 6.07 Å². The van der Waals surface area contributed by atoms with Crippen molar-refractivity contribution in [2.75, 3.05) is 0 Å². The van der Waals surface area contributed by atoms with Crippen molar-refractivity contribution in [1.82, 2.24) is 0 Å². The molecule has 2 nitrogen and oxygen atoms in total. The molecule has 0 aromatic carbocycles. The Balaban J connectivity index is 2.63. The summed E-state index contributed by atoms with van der Waals surface area (Å²) in [6, 6.07) is 3.71. The third-order valence-electron chi connectivity index (χ3n) is 1.41. The Morgan fingerprint density at radius 1 is 1.67 bits per heavy atom. The molecule has 0 aliphatic heterocycles. The van der Waals surface area contributed by atoms with Crippen LogP contribution in [0.5, 0.6) is 0 Å². The molecule has 0 fully saturated rings. The van der Waals surface area contributed by atoms with Crippen LogP contribution in [-0.2, 0) is 0 Å². The van der Waals surface area contributed by atoms with Gasteiger partial charge >= 0.3 is 0 Å². The van der Waals surface area contributed by atoms with Crippen molar-refractivity contribution in [3.8, 4) is 0 Å². The first-order valence-corrected chi connectivity index (χ1v) is 4.72. The molecule has 0 atom stereocenters. The number of nitrogens with two attached hydrogens (primary N) is 1. The van der Waals surface area contributed by atoms with Crippen LogP contribution in [0.15, 0.2) is 17.5 Å². The van der Waals surface area contributed by atoms with Crippen LogP contribution >= 0.6 is 11.3 Å². The van der Waals surface area contributed by atoms with E-state index < -0.39 is 5.54 Å².